The normalized spacial score (nSPS) is 19.6. The highest BCUT2D eigenvalue weighted by molar-refractivity contribution is 5.12. The van der Waals surface area contributed by atoms with E-state index in [4.69, 9.17) is 9.47 Å². The van der Waals surface area contributed by atoms with Gasteiger partial charge in [0, 0.05) is 13.8 Å². The molecule has 98 valence electrons. The van der Waals surface area contributed by atoms with E-state index in [0.717, 1.165) is 25.7 Å². The lowest BCUT2D eigenvalue weighted by atomic mass is 10.0. The van der Waals surface area contributed by atoms with Gasteiger partial charge in [0.05, 0.1) is 5.60 Å². The van der Waals surface area contributed by atoms with Crippen LogP contribution in [0.25, 0.3) is 0 Å². The molecule has 0 bridgehead atoms. The second kappa shape index (κ2) is 4.88. The van der Waals surface area contributed by atoms with Gasteiger partial charge in [-0.3, -0.25) is 0 Å². The Balaban J connectivity index is 2.52. The SMILES string of the molecule is CC(C)(C)OC(C)(C)OC#CC1(O)CCCC1. The molecule has 1 aliphatic carbocycles. The standard InChI is InChI=1S/C14H24O3/c1-12(2,3)17-13(4,5)16-11-10-14(15)8-6-7-9-14/h15H,6-9H2,1-5H3. The summed E-state index contributed by atoms with van der Waals surface area (Å²) < 4.78 is 11.1. The number of aliphatic hydroxyl groups is 1. The van der Waals surface area contributed by atoms with Crippen LogP contribution in [0.4, 0.5) is 0 Å². The highest BCUT2D eigenvalue weighted by Gasteiger charge is 2.30. The zero-order valence-electron chi connectivity index (χ0n) is 11.6. The van der Waals surface area contributed by atoms with Crippen molar-refractivity contribution in [3.05, 3.63) is 0 Å². The Morgan fingerprint density at radius 1 is 1.06 bits per heavy atom. The van der Waals surface area contributed by atoms with Gasteiger partial charge in [-0.05, 0) is 52.4 Å². The highest BCUT2D eigenvalue weighted by atomic mass is 16.7. The first-order valence-electron chi connectivity index (χ1n) is 6.25. The molecular formula is C14H24O3. The molecule has 0 radical (unpaired) electrons. The lowest BCUT2D eigenvalue weighted by molar-refractivity contribution is -0.227. The summed E-state index contributed by atoms with van der Waals surface area (Å²) >= 11 is 0. The largest absolute Gasteiger partial charge is 0.412 e. The van der Waals surface area contributed by atoms with Crippen molar-refractivity contribution in [3.63, 3.8) is 0 Å². The van der Waals surface area contributed by atoms with Crippen LogP contribution in [0.15, 0.2) is 0 Å². The number of hydrogen-bond donors (Lipinski definition) is 1. The quantitative estimate of drug-likeness (QED) is 0.596. The van der Waals surface area contributed by atoms with Crippen molar-refractivity contribution < 1.29 is 14.6 Å². The average molecular weight is 240 g/mol. The van der Waals surface area contributed by atoms with Gasteiger partial charge in [0.25, 0.3) is 0 Å². The van der Waals surface area contributed by atoms with E-state index >= 15 is 0 Å². The smallest absolute Gasteiger partial charge is 0.215 e. The van der Waals surface area contributed by atoms with E-state index in [1.54, 1.807) is 0 Å². The van der Waals surface area contributed by atoms with Gasteiger partial charge in [-0.15, -0.1) is 0 Å². The van der Waals surface area contributed by atoms with E-state index in [1.165, 1.54) is 0 Å². The Morgan fingerprint density at radius 3 is 2.06 bits per heavy atom. The molecule has 0 heterocycles. The van der Waals surface area contributed by atoms with Crippen LogP contribution in [0.1, 0.15) is 60.3 Å². The lowest BCUT2D eigenvalue weighted by Gasteiger charge is -2.31. The van der Waals surface area contributed by atoms with E-state index in [0.29, 0.717) is 0 Å². The van der Waals surface area contributed by atoms with Crippen molar-refractivity contribution in [1.29, 1.82) is 0 Å². The fourth-order valence-corrected chi connectivity index (χ4v) is 2.09. The van der Waals surface area contributed by atoms with Gasteiger partial charge in [-0.2, -0.15) is 0 Å². The van der Waals surface area contributed by atoms with E-state index in [-0.39, 0.29) is 5.60 Å². The lowest BCUT2D eigenvalue weighted by Crippen LogP contribution is -2.36. The first kappa shape index (κ1) is 14.3. The second-order valence-electron chi connectivity index (χ2n) is 6.18. The van der Waals surface area contributed by atoms with E-state index in [1.807, 2.05) is 34.6 Å². The predicted molar refractivity (Wildman–Crippen MR) is 67.2 cm³/mol. The Kier molecular flexibility index (Phi) is 4.11. The van der Waals surface area contributed by atoms with Crippen LogP contribution in [-0.2, 0) is 9.47 Å². The predicted octanol–water partition coefficient (Wildman–Crippen LogP) is 2.82. The number of ether oxygens (including phenoxy) is 2. The minimum Gasteiger partial charge on any atom is -0.412 e. The van der Waals surface area contributed by atoms with Gasteiger partial charge in [-0.1, -0.05) is 0 Å². The third kappa shape index (κ3) is 5.43. The summed E-state index contributed by atoms with van der Waals surface area (Å²) in [5.41, 5.74) is -1.13. The Bertz CT molecular complexity index is 309. The number of hydrogen-bond acceptors (Lipinski definition) is 3. The molecule has 0 aromatic carbocycles. The van der Waals surface area contributed by atoms with Crippen molar-refractivity contribution in [2.45, 2.75) is 77.3 Å². The maximum atomic E-state index is 10.0. The molecule has 0 aromatic rings. The minimum atomic E-state index is -0.849. The van der Waals surface area contributed by atoms with Crippen molar-refractivity contribution in [3.8, 4) is 12.0 Å². The molecule has 0 aliphatic heterocycles. The molecule has 1 fully saturated rings. The summed E-state index contributed by atoms with van der Waals surface area (Å²) in [6, 6.07) is 0. The summed E-state index contributed by atoms with van der Waals surface area (Å²) in [4.78, 5) is 0. The summed E-state index contributed by atoms with van der Waals surface area (Å²) in [6.45, 7) is 9.55. The zero-order valence-corrected chi connectivity index (χ0v) is 11.6. The Hall–Kier alpha value is -0.720. The average Bonchev–Trinajstić information content (AvgIpc) is 2.47. The summed E-state index contributed by atoms with van der Waals surface area (Å²) in [5, 5.41) is 10.0. The third-order valence-corrected chi connectivity index (χ3v) is 2.56. The van der Waals surface area contributed by atoms with Crippen LogP contribution >= 0.6 is 0 Å². The molecule has 1 rings (SSSR count). The maximum absolute atomic E-state index is 10.0. The molecular weight excluding hydrogens is 216 g/mol. The van der Waals surface area contributed by atoms with Crippen LogP contribution < -0.4 is 0 Å². The van der Waals surface area contributed by atoms with Crippen molar-refractivity contribution in [2.24, 2.45) is 0 Å². The van der Waals surface area contributed by atoms with E-state index in [9.17, 15) is 5.11 Å². The van der Waals surface area contributed by atoms with E-state index in [2.05, 4.69) is 12.0 Å². The van der Waals surface area contributed by atoms with Crippen molar-refractivity contribution in [2.75, 3.05) is 0 Å². The molecule has 0 amide bonds. The number of rotatable bonds is 2. The summed E-state index contributed by atoms with van der Waals surface area (Å²) in [7, 11) is 0. The zero-order chi connectivity index (χ0) is 13.2. The molecule has 0 saturated heterocycles. The van der Waals surface area contributed by atoms with Gasteiger partial charge >= 0.3 is 0 Å². The molecule has 0 atom stereocenters. The fraction of sp³-hybridized carbons (Fsp3) is 0.857. The first-order valence-corrected chi connectivity index (χ1v) is 6.25. The van der Waals surface area contributed by atoms with Gasteiger partial charge in [0.15, 0.2) is 0 Å². The molecule has 0 aromatic heterocycles. The molecule has 17 heavy (non-hydrogen) atoms. The molecule has 0 spiro atoms. The first-order chi connectivity index (χ1) is 7.62. The molecule has 1 N–H and O–H groups in total. The monoisotopic (exact) mass is 240 g/mol. The Labute approximate surface area is 104 Å². The van der Waals surface area contributed by atoms with Crippen LogP contribution in [0, 0.1) is 12.0 Å². The summed E-state index contributed by atoms with van der Waals surface area (Å²) in [5.74, 6) is 2.04. The minimum absolute atomic E-state index is 0.282. The Morgan fingerprint density at radius 2 is 1.59 bits per heavy atom. The van der Waals surface area contributed by atoms with E-state index < -0.39 is 11.4 Å². The molecule has 1 saturated carbocycles. The molecule has 0 unspecified atom stereocenters. The second-order valence-corrected chi connectivity index (χ2v) is 6.18. The van der Waals surface area contributed by atoms with Crippen LogP contribution in [0.3, 0.4) is 0 Å². The topological polar surface area (TPSA) is 38.7 Å². The van der Waals surface area contributed by atoms with Crippen molar-refractivity contribution in [1.82, 2.24) is 0 Å². The molecule has 3 nitrogen and oxygen atoms in total. The van der Waals surface area contributed by atoms with Crippen molar-refractivity contribution >= 4 is 0 Å². The van der Waals surface area contributed by atoms with Gasteiger partial charge in [-0.25, -0.2) is 0 Å². The molecule has 3 heteroatoms. The highest BCUT2D eigenvalue weighted by Crippen LogP contribution is 2.28. The van der Waals surface area contributed by atoms with Gasteiger partial charge in [0.1, 0.15) is 11.7 Å². The van der Waals surface area contributed by atoms with Crippen LogP contribution in [-0.4, -0.2) is 22.1 Å². The molecule has 1 aliphatic rings. The van der Waals surface area contributed by atoms with Gasteiger partial charge < -0.3 is 14.6 Å². The van der Waals surface area contributed by atoms with Crippen LogP contribution in [0.5, 0.6) is 0 Å². The third-order valence-electron chi connectivity index (χ3n) is 2.56. The van der Waals surface area contributed by atoms with Gasteiger partial charge in [0.2, 0.25) is 5.79 Å². The van der Waals surface area contributed by atoms with Crippen LogP contribution in [0.2, 0.25) is 0 Å². The fourth-order valence-electron chi connectivity index (χ4n) is 2.09. The maximum Gasteiger partial charge on any atom is 0.215 e. The summed E-state index contributed by atoms with van der Waals surface area (Å²) in [6.07, 6.45) is 6.16.